The highest BCUT2D eigenvalue weighted by Crippen LogP contribution is 2.35. The Morgan fingerprint density at radius 3 is 2.53 bits per heavy atom. The molecule has 0 aliphatic rings. The summed E-state index contributed by atoms with van der Waals surface area (Å²) in [5.74, 6) is 0.777. The van der Waals surface area contributed by atoms with E-state index in [-0.39, 0.29) is 18.4 Å². The number of rotatable bonds is 6. The topological polar surface area (TPSA) is 73.6 Å². The molecule has 6 heteroatoms. The lowest BCUT2D eigenvalue weighted by molar-refractivity contribution is -0.116. The van der Waals surface area contributed by atoms with Gasteiger partial charge in [-0.3, -0.25) is 4.79 Å². The maximum absolute atomic E-state index is 11.8. The van der Waals surface area contributed by atoms with Crippen LogP contribution >= 0.6 is 11.6 Å². The molecule has 0 aromatic heterocycles. The molecule has 3 N–H and O–H groups in total. The standard InChI is InChI=1S/C13H19ClN2O3/c1-4-8(15)5-13(17)16-10-7-11(18-2)9(14)6-12(10)19-3/h6-8H,4-5,15H2,1-3H3,(H,16,17). The Labute approximate surface area is 118 Å². The van der Waals surface area contributed by atoms with Crippen LogP contribution in [-0.2, 0) is 4.79 Å². The average Bonchev–Trinajstić information content (AvgIpc) is 2.39. The van der Waals surface area contributed by atoms with E-state index in [9.17, 15) is 4.79 Å². The predicted molar refractivity (Wildman–Crippen MR) is 76.1 cm³/mol. The second-order valence-electron chi connectivity index (χ2n) is 4.11. The summed E-state index contributed by atoms with van der Waals surface area (Å²) in [5.41, 5.74) is 6.25. The second-order valence-corrected chi connectivity index (χ2v) is 4.51. The molecule has 0 spiro atoms. The van der Waals surface area contributed by atoms with Crippen LogP contribution in [0.25, 0.3) is 0 Å². The van der Waals surface area contributed by atoms with Crippen molar-refractivity contribution in [1.29, 1.82) is 0 Å². The molecule has 1 rings (SSSR count). The SMILES string of the molecule is CCC(N)CC(=O)Nc1cc(OC)c(Cl)cc1OC. The van der Waals surface area contributed by atoms with Gasteiger partial charge in [0.25, 0.3) is 0 Å². The van der Waals surface area contributed by atoms with Crippen molar-refractivity contribution in [1.82, 2.24) is 0 Å². The van der Waals surface area contributed by atoms with Crippen LogP contribution in [0.4, 0.5) is 5.69 Å². The molecular weight excluding hydrogens is 268 g/mol. The zero-order valence-electron chi connectivity index (χ0n) is 11.3. The van der Waals surface area contributed by atoms with Crippen LogP contribution in [0.1, 0.15) is 19.8 Å². The van der Waals surface area contributed by atoms with Crippen LogP contribution < -0.4 is 20.5 Å². The van der Waals surface area contributed by atoms with Crippen molar-refractivity contribution in [2.24, 2.45) is 5.73 Å². The van der Waals surface area contributed by atoms with Gasteiger partial charge >= 0.3 is 0 Å². The summed E-state index contributed by atoms with van der Waals surface area (Å²) < 4.78 is 10.3. The number of anilines is 1. The number of nitrogens with two attached hydrogens (primary N) is 1. The van der Waals surface area contributed by atoms with Crippen LogP contribution in [-0.4, -0.2) is 26.2 Å². The molecule has 0 heterocycles. The van der Waals surface area contributed by atoms with E-state index in [0.29, 0.717) is 22.2 Å². The van der Waals surface area contributed by atoms with Gasteiger partial charge in [0.1, 0.15) is 11.5 Å². The third-order valence-electron chi connectivity index (χ3n) is 2.72. The fourth-order valence-electron chi connectivity index (χ4n) is 1.54. The predicted octanol–water partition coefficient (Wildman–Crippen LogP) is 2.42. The average molecular weight is 287 g/mol. The molecule has 1 unspecified atom stereocenters. The van der Waals surface area contributed by atoms with Gasteiger partial charge in [-0.25, -0.2) is 0 Å². The van der Waals surface area contributed by atoms with Gasteiger partial charge in [-0.2, -0.15) is 0 Å². The highest BCUT2D eigenvalue weighted by molar-refractivity contribution is 6.32. The third kappa shape index (κ3) is 4.29. The van der Waals surface area contributed by atoms with Crippen molar-refractivity contribution >= 4 is 23.2 Å². The van der Waals surface area contributed by atoms with E-state index in [1.165, 1.54) is 14.2 Å². The molecule has 0 radical (unpaired) electrons. The van der Waals surface area contributed by atoms with E-state index in [1.54, 1.807) is 12.1 Å². The molecule has 19 heavy (non-hydrogen) atoms. The highest BCUT2D eigenvalue weighted by Gasteiger charge is 2.14. The normalized spacial score (nSPS) is 11.8. The minimum absolute atomic E-state index is 0.153. The molecule has 0 aliphatic heterocycles. The molecule has 0 aliphatic carbocycles. The maximum Gasteiger partial charge on any atom is 0.226 e. The van der Waals surface area contributed by atoms with Crippen molar-refractivity contribution < 1.29 is 14.3 Å². The number of carbonyl (C=O) groups is 1. The third-order valence-corrected chi connectivity index (χ3v) is 3.02. The number of amides is 1. The maximum atomic E-state index is 11.8. The molecule has 1 atom stereocenters. The molecule has 0 fully saturated rings. The fourth-order valence-corrected chi connectivity index (χ4v) is 1.77. The Hall–Kier alpha value is -1.46. The van der Waals surface area contributed by atoms with Gasteiger partial charge < -0.3 is 20.5 Å². The molecule has 0 saturated heterocycles. The Balaban J connectivity index is 2.90. The number of ether oxygens (including phenoxy) is 2. The summed E-state index contributed by atoms with van der Waals surface area (Å²) in [7, 11) is 3.01. The van der Waals surface area contributed by atoms with Gasteiger partial charge in [-0.05, 0) is 6.42 Å². The van der Waals surface area contributed by atoms with E-state index >= 15 is 0 Å². The molecule has 0 bridgehead atoms. The lowest BCUT2D eigenvalue weighted by Gasteiger charge is -2.14. The van der Waals surface area contributed by atoms with E-state index in [4.69, 9.17) is 26.8 Å². The number of carbonyl (C=O) groups excluding carboxylic acids is 1. The highest BCUT2D eigenvalue weighted by atomic mass is 35.5. The van der Waals surface area contributed by atoms with E-state index in [1.807, 2.05) is 6.92 Å². The van der Waals surface area contributed by atoms with Crippen molar-refractivity contribution in [3.63, 3.8) is 0 Å². The van der Waals surface area contributed by atoms with Crippen LogP contribution in [0.3, 0.4) is 0 Å². The van der Waals surface area contributed by atoms with Crippen LogP contribution in [0, 0.1) is 0 Å². The first-order valence-corrected chi connectivity index (χ1v) is 6.36. The number of methoxy groups -OCH3 is 2. The van der Waals surface area contributed by atoms with Crippen molar-refractivity contribution in [2.75, 3.05) is 19.5 Å². The molecule has 1 aromatic carbocycles. The van der Waals surface area contributed by atoms with Gasteiger partial charge in [-0.1, -0.05) is 18.5 Å². The smallest absolute Gasteiger partial charge is 0.226 e. The number of hydrogen-bond acceptors (Lipinski definition) is 4. The number of benzene rings is 1. The lowest BCUT2D eigenvalue weighted by atomic mass is 10.1. The molecule has 1 aromatic rings. The zero-order valence-corrected chi connectivity index (χ0v) is 12.1. The summed E-state index contributed by atoms with van der Waals surface area (Å²) in [6, 6.07) is 3.06. The second kappa shape index (κ2) is 7.21. The minimum Gasteiger partial charge on any atom is -0.495 e. The zero-order chi connectivity index (χ0) is 14.4. The van der Waals surface area contributed by atoms with Gasteiger partial charge in [-0.15, -0.1) is 0 Å². The van der Waals surface area contributed by atoms with Gasteiger partial charge in [0.05, 0.1) is 24.9 Å². The van der Waals surface area contributed by atoms with Crippen molar-refractivity contribution in [2.45, 2.75) is 25.8 Å². The van der Waals surface area contributed by atoms with Crippen LogP contribution in [0.5, 0.6) is 11.5 Å². The first-order valence-electron chi connectivity index (χ1n) is 5.98. The number of nitrogens with one attached hydrogen (secondary N) is 1. The summed E-state index contributed by atoms with van der Waals surface area (Å²) in [5, 5.41) is 3.17. The number of hydrogen-bond donors (Lipinski definition) is 2. The summed E-state index contributed by atoms with van der Waals surface area (Å²) in [4.78, 5) is 11.8. The van der Waals surface area contributed by atoms with E-state index in [0.717, 1.165) is 6.42 Å². The Morgan fingerprint density at radius 2 is 2.00 bits per heavy atom. The summed E-state index contributed by atoms with van der Waals surface area (Å²) >= 11 is 5.99. The summed E-state index contributed by atoms with van der Waals surface area (Å²) in [6.07, 6.45) is 0.999. The number of halogens is 1. The minimum atomic E-state index is -0.169. The monoisotopic (exact) mass is 286 g/mol. The Kier molecular flexibility index (Phi) is 5.92. The van der Waals surface area contributed by atoms with E-state index in [2.05, 4.69) is 5.32 Å². The Morgan fingerprint density at radius 1 is 1.37 bits per heavy atom. The van der Waals surface area contributed by atoms with Crippen molar-refractivity contribution in [3.8, 4) is 11.5 Å². The summed E-state index contributed by atoms with van der Waals surface area (Å²) in [6.45, 7) is 1.93. The Bertz CT molecular complexity index is 452. The molecule has 106 valence electrons. The van der Waals surface area contributed by atoms with E-state index < -0.39 is 0 Å². The molecule has 1 amide bonds. The van der Waals surface area contributed by atoms with Gasteiger partial charge in [0, 0.05) is 24.6 Å². The van der Waals surface area contributed by atoms with Crippen molar-refractivity contribution in [3.05, 3.63) is 17.2 Å². The van der Waals surface area contributed by atoms with Crippen LogP contribution in [0.2, 0.25) is 5.02 Å². The molecular formula is C13H19ClN2O3. The molecule has 0 saturated carbocycles. The lowest BCUT2D eigenvalue weighted by Crippen LogP contribution is -2.26. The largest absolute Gasteiger partial charge is 0.495 e. The first kappa shape index (κ1) is 15.6. The molecule has 5 nitrogen and oxygen atoms in total. The quantitative estimate of drug-likeness (QED) is 0.842. The van der Waals surface area contributed by atoms with Gasteiger partial charge in [0.2, 0.25) is 5.91 Å². The van der Waals surface area contributed by atoms with Crippen LogP contribution in [0.15, 0.2) is 12.1 Å². The van der Waals surface area contributed by atoms with Gasteiger partial charge in [0.15, 0.2) is 0 Å². The first-order chi connectivity index (χ1) is 9.01. The fraction of sp³-hybridized carbons (Fsp3) is 0.462.